The average molecular weight is 497 g/mol. The molecule has 0 bridgehead atoms. The van der Waals surface area contributed by atoms with Gasteiger partial charge in [-0.25, -0.2) is 4.98 Å². The lowest BCUT2D eigenvalue weighted by Crippen LogP contribution is -2.37. The number of amides is 1. The predicted octanol–water partition coefficient (Wildman–Crippen LogP) is 5.75. The largest absolute Gasteiger partial charge is 0.444 e. The molecule has 7 nitrogen and oxygen atoms in total. The quantitative estimate of drug-likeness (QED) is 0.339. The number of furan rings is 1. The Balaban J connectivity index is 1.44. The van der Waals surface area contributed by atoms with Crippen molar-refractivity contribution in [1.29, 1.82) is 0 Å². The number of thiazole rings is 1. The van der Waals surface area contributed by atoms with Gasteiger partial charge in [0.25, 0.3) is 11.6 Å². The van der Waals surface area contributed by atoms with Crippen LogP contribution < -0.4 is 0 Å². The minimum atomic E-state index is -0.497. The minimum Gasteiger partial charge on any atom is -0.444 e. The lowest BCUT2D eigenvalue weighted by molar-refractivity contribution is -0.384. The number of benzene rings is 1. The summed E-state index contributed by atoms with van der Waals surface area (Å²) in [6.45, 7) is 1.26. The minimum absolute atomic E-state index is 0.106. The smallest absolute Gasteiger partial charge is 0.289 e. The molecule has 10 heteroatoms. The number of carbonyl (C=O) groups is 1. The van der Waals surface area contributed by atoms with Crippen LogP contribution in [-0.2, 0) is 0 Å². The molecule has 1 aliphatic heterocycles. The summed E-state index contributed by atoms with van der Waals surface area (Å²) in [5.41, 5.74) is 1.23. The van der Waals surface area contributed by atoms with Gasteiger partial charge in [0.05, 0.1) is 15.6 Å². The molecule has 0 spiro atoms. The highest BCUT2D eigenvalue weighted by Crippen LogP contribution is 2.35. The second-order valence-corrected chi connectivity index (χ2v) is 8.74. The topological polar surface area (TPSA) is 89.5 Å². The molecule has 0 radical (unpaired) electrons. The molecule has 2 aromatic heterocycles. The molecule has 0 aliphatic carbocycles. The Morgan fingerprint density at radius 2 is 2.07 bits per heavy atom. The first-order valence-corrected chi connectivity index (χ1v) is 10.9. The van der Waals surface area contributed by atoms with Crippen LogP contribution in [0.25, 0.3) is 11.3 Å². The van der Waals surface area contributed by atoms with E-state index in [2.05, 4.69) is 15.9 Å². The Morgan fingerprint density at radius 3 is 2.72 bits per heavy atom. The zero-order valence-corrected chi connectivity index (χ0v) is 18.2. The molecule has 4 rings (SSSR count). The van der Waals surface area contributed by atoms with Gasteiger partial charge < -0.3 is 9.32 Å². The first-order chi connectivity index (χ1) is 13.9. The molecule has 1 fully saturated rings. The molecule has 1 amide bonds. The van der Waals surface area contributed by atoms with E-state index in [0.717, 1.165) is 17.8 Å². The summed E-state index contributed by atoms with van der Waals surface area (Å²) in [5, 5.41) is 14.1. The van der Waals surface area contributed by atoms with Gasteiger partial charge in [0.1, 0.15) is 5.02 Å². The van der Waals surface area contributed by atoms with Crippen molar-refractivity contribution in [3.8, 4) is 11.3 Å². The number of halogens is 2. The molecular formula is C19H15BrClN3O4S. The normalized spacial score (nSPS) is 14.9. The SMILES string of the molecule is O=C(c1ccc(Br)o1)N1CCC(c2nc(-c3ccc(Cl)c([N+](=O)[O-])c3)cs2)CC1. The van der Waals surface area contributed by atoms with Crippen LogP contribution >= 0.6 is 38.9 Å². The van der Waals surface area contributed by atoms with Gasteiger partial charge in [-0.1, -0.05) is 17.7 Å². The second kappa shape index (κ2) is 8.25. The fourth-order valence-corrected chi connectivity index (χ4v) is 4.83. The summed E-state index contributed by atoms with van der Waals surface area (Å²) >= 11 is 10.6. The third-order valence-electron chi connectivity index (χ3n) is 4.88. The number of hydrogen-bond donors (Lipinski definition) is 0. The lowest BCUT2D eigenvalue weighted by Gasteiger charge is -2.30. The van der Waals surface area contributed by atoms with Crippen molar-refractivity contribution in [1.82, 2.24) is 9.88 Å². The molecule has 29 heavy (non-hydrogen) atoms. The van der Waals surface area contributed by atoms with E-state index >= 15 is 0 Å². The molecule has 1 aromatic carbocycles. The number of carbonyl (C=O) groups excluding carboxylic acids is 1. The first-order valence-electron chi connectivity index (χ1n) is 8.86. The Labute approximate surface area is 183 Å². The molecule has 3 heterocycles. The van der Waals surface area contributed by atoms with Crippen LogP contribution in [0.4, 0.5) is 5.69 Å². The maximum absolute atomic E-state index is 12.5. The number of aromatic nitrogens is 1. The van der Waals surface area contributed by atoms with Gasteiger partial charge in [-0.05, 0) is 47.0 Å². The van der Waals surface area contributed by atoms with Crippen LogP contribution in [0, 0.1) is 10.1 Å². The van der Waals surface area contributed by atoms with Crippen molar-refractivity contribution < 1.29 is 14.1 Å². The van der Waals surface area contributed by atoms with Crippen molar-refractivity contribution in [2.45, 2.75) is 18.8 Å². The zero-order valence-electron chi connectivity index (χ0n) is 15.0. The van der Waals surface area contributed by atoms with Gasteiger partial charge >= 0.3 is 0 Å². The number of nitro benzene ring substituents is 1. The van der Waals surface area contributed by atoms with E-state index in [1.54, 1.807) is 23.1 Å². The second-order valence-electron chi connectivity index (χ2n) is 6.66. The number of nitro groups is 1. The van der Waals surface area contributed by atoms with E-state index in [1.807, 2.05) is 5.38 Å². The van der Waals surface area contributed by atoms with Crippen LogP contribution in [0.1, 0.15) is 34.3 Å². The Kier molecular flexibility index (Phi) is 5.71. The van der Waals surface area contributed by atoms with Gasteiger partial charge in [0, 0.05) is 36.0 Å². The van der Waals surface area contributed by atoms with Gasteiger partial charge in [0.2, 0.25) is 0 Å². The Hall–Kier alpha value is -2.23. The van der Waals surface area contributed by atoms with E-state index in [-0.39, 0.29) is 22.5 Å². The monoisotopic (exact) mass is 495 g/mol. The van der Waals surface area contributed by atoms with Crippen LogP contribution in [-0.4, -0.2) is 33.8 Å². The van der Waals surface area contributed by atoms with Crippen LogP contribution in [0.5, 0.6) is 0 Å². The molecule has 1 saturated heterocycles. The number of piperidine rings is 1. The third kappa shape index (κ3) is 4.22. The standard InChI is InChI=1S/C19H15BrClN3O4S/c20-17-4-3-16(28-17)19(25)23-7-5-11(6-8-23)18-22-14(10-29-18)12-1-2-13(21)15(9-12)24(26)27/h1-4,9-11H,5-8H2. The Morgan fingerprint density at radius 1 is 1.31 bits per heavy atom. The number of hydrogen-bond acceptors (Lipinski definition) is 6. The van der Waals surface area contributed by atoms with Gasteiger partial charge in [-0.2, -0.15) is 0 Å². The Bertz CT molecular complexity index is 1080. The average Bonchev–Trinajstić information content (AvgIpc) is 3.37. The van der Waals surface area contributed by atoms with E-state index < -0.39 is 4.92 Å². The van der Waals surface area contributed by atoms with Crippen molar-refractivity contribution >= 4 is 50.5 Å². The molecule has 1 aliphatic rings. The predicted molar refractivity (Wildman–Crippen MR) is 114 cm³/mol. The van der Waals surface area contributed by atoms with Crippen molar-refractivity contribution in [3.63, 3.8) is 0 Å². The molecule has 150 valence electrons. The van der Waals surface area contributed by atoms with Crippen LogP contribution in [0.15, 0.2) is 44.8 Å². The summed E-state index contributed by atoms with van der Waals surface area (Å²) in [4.78, 5) is 29.6. The highest BCUT2D eigenvalue weighted by atomic mass is 79.9. The first kappa shape index (κ1) is 20.1. The maximum atomic E-state index is 12.5. The van der Waals surface area contributed by atoms with Crippen molar-refractivity contribution in [3.05, 3.63) is 66.3 Å². The number of nitrogens with zero attached hydrogens (tertiary/aromatic N) is 3. The zero-order chi connectivity index (χ0) is 20.5. The summed E-state index contributed by atoms with van der Waals surface area (Å²) < 4.78 is 5.89. The summed E-state index contributed by atoms with van der Waals surface area (Å²) in [6, 6.07) is 8.07. The summed E-state index contributed by atoms with van der Waals surface area (Å²) in [6.07, 6.45) is 1.61. The number of likely N-dealkylation sites (tertiary alicyclic amines) is 1. The van der Waals surface area contributed by atoms with Crippen LogP contribution in [0.2, 0.25) is 5.02 Å². The number of rotatable bonds is 4. The lowest BCUT2D eigenvalue weighted by atomic mass is 9.97. The van der Waals surface area contributed by atoms with E-state index in [0.29, 0.717) is 34.8 Å². The van der Waals surface area contributed by atoms with E-state index in [9.17, 15) is 14.9 Å². The van der Waals surface area contributed by atoms with Gasteiger partial charge in [-0.3, -0.25) is 14.9 Å². The van der Waals surface area contributed by atoms with Crippen LogP contribution in [0.3, 0.4) is 0 Å². The van der Waals surface area contributed by atoms with Gasteiger partial charge in [-0.15, -0.1) is 11.3 Å². The maximum Gasteiger partial charge on any atom is 0.289 e. The summed E-state index contributed by atoms with van der Waals surface area (Å²) in [5.74, 6) is 0.474. The van der Waals surface area contributed by atoms with Gasteiger partial charge in [0.15, 0.2) is 10.4 Å². The van der Waals surface area contributed by atoms with Crippen molar-refractivity contribution in [2.24, 2.45) is 0 Å². The third-order valence-corrected chi connectivity index (χ3v) is 6.63. The van der Waals surface area contributed by atoms with E-state index in [1.165, 1.54) is 23.5 Å². The molecule has 0 saturated carbocycles. The fraction of sp³-hybridized carbons (Fsp3) is 0.263. The highest BCUT2D eigenvalue weighted by Gasteiger charge is 2.28. The molecule has 0 unspecified atom stereocenters. The van der Waals surface area contributed by atoms with E-state index in [4.69, 9.17) is 21.0 Å². The van der Waals surface area contributed by atoms with Crippen molar-refractivity contribution in [2.75, 3.05) is 13.1 Å². The molecular weight excluding hydrogens is 482 g/mol. The molecule has 0 atom stereocenters. The molecule has 3 aromatic rings. The summed E-state index contributed by atoms with van der Waals surface area (Å²) in [7, 11) is 0. The highest BCUT2D eigenvalue weighted by molar-refractivity contribution is 9.10. The fourth-order valence-electron chi connectivity index (χ4n) is 3.33. The molecule has 0 N–H and O–H groups in total.